The highest BCUT2D eigenvalue weighted by Gasteiger charge is 2.30. The van der Waals surface area contributed by atoms with Gasteiger partial charge in [-0.2, -0.15) is 13.2 Å². The molecule has 0 aromatic heterocycles. The molecular formula is C17H25F3N3O2+. The molecule has 0 heterocycles. The highest BCUT2D eigenvalue weighted by molar-refractivity contribution is 5.94. The van der Waals surface area contributed by atoms with Crippen molar-refractivity contribution in [2.24, 2.45) is 5.92 Å². The van der Waals surface area contributed by atoms with E-state index in [1.807, 2.05) is 13.8 Å². The number of quaternary nitrogens is 1. The summed E-state index contributed by atoms with van der Waals surface area (Å²) in [5, 5.41) is 4.84. The monoisotopic (exact) mass is 360 g/mol. The van der Waals surface area contributed by atoms with E-state index in [1.54, 1.807) is 7.05 Å². The lowest BCUT2D eigenvalue weighted by atomic mass is 10.1. The molecule has 0 aliphatic heterocycles. The Kier molecular flexibility index (Phi) is 7.89. The van der Waals surface area contributed by atoms with Gasteiger partial charge in [0.15, 0.2) is 6.54 Å². The lowest BCUT2D eigenvalue weighted by molar-refractivity contribution is -0.885. The summed E-state index contributed by atoms with van der Waals surface area (Å²) in [6.07, 6.45) is -3.54. The molecule has 3 amide bonds. The van der Waals surface area contributed by atoms with E-state index in [4.69, 9.17) is 0 Å². The number of benzene rings is 1. The third-order valence-corrected chi connectivity index (χ3v) is 3.51. The number of likely N-dealkylation sites (N-methyl/N-ethyl adjacent to an activating group) is 1. The summed E-state index contributed by atoms with van der Waals surface area (Å²) in [5.74, 6) is 0.0155. The molecule has 1 atom stereocenters. The van der Waals surface area contributed by atoms with Crippen LogP contribution in [0.4, 0.5) is 18.0 Å². The molecule has 0 fully saturated rings. The number of hydrogen-bond donors (Lipinski definition) is 3. The van der Waals surface area contributed by atoms with Gasteiger partial charge >= 0.3 is 12.2 Å². The van der Waals surface area contributed by atoms with Crippen LogP contribution in [-0.2, 0) is 17.5 Å². The van der Waals surface area contributed by atoms with Crippen molar-refractivity contribution >= 4 is 11.9 Å². The van der Waals surface area contributed by atoms with Crippen molar-refractivity contribution in [2.75, 3.05) is 20.1 Å². The minimum Gasteiger partial charge on any atom is -0.338 e. The predicted octanol–water partition coefficient (Wildman–Crippen LogP) is 1.59. The van der Waals surface area contributed by atoms with Gasteiger partial charge in [-0.15, -0.1) is 0 Å². The zero-order valence-electron chi connectivity index (χ0n) is 14.7. The van der Waals surface area contributed by atoms with Gasteiger partial charge in [-0.3, -0.25) is 10.1 Å². The summed E-state index contributed by atoms with van der Waals surface area (Å²) in [6, 6.07) is 4.29. The second-order valence-corrected chi connectivity index (χ2v) is 6.49. The first-order valence-corrected chi connectivity index (χ1v) is 8.13. The number of carbonyl (C=O) groups excluding carboxylic acids is 2. The van der Waals surface area contributed by atoms with Gasteiger partial charge in [-0.05, 0) is 24.5 Å². The summed E-state index contributed by atoms with van der Waals surface area (Å²) in [7, 11) is 1.73. The number of alkyl halides is 3. The molecule has 1 rings (SSSR count). The van der Waals surface area contributed by atoms with Crippen LogP contribution in [-0.4, -0.2) is 32.1 Å². The van der Waals surface area contributed by atoms with Crippen LogP contribution in [0.25, 0.3) is 0 Å². The maximum absolute atomic E-state index is 12.5. The Hall–Kier alpha value is -2.09. The third kappa shape index (κ3) is 8.53. The topological polar surface area (TPSA) is 62.6 Å². The molecule has 140 valence electrons. The van der Waals surface area contributed by atoms with Crippen molar-refractivity contribution in [2.45, 2.75) is 33.0 Å². The van der Waals surface area contributed by atoms with Crippen LogP contribution in [0.5, 0.6) is 0 Å². The first kappa shape index (κ1) is 21.0. The molecule has 25 heavy (non-hydrogen) atoms. The fraction of sp³-hybridized carbons (Fsp3) is 0.529. The van der Waals surface area contributed by atoms with Crippen LogP contribution < -0.4 is 15.5 Å². The molecule has 8 heteroatoms. The summed E-state index contributed by atoms with van der Waals surface area (Å²) in [4.78, 5) is 24.1. The van der Waals surface area contributed by atoms with Crippen molar-refractivity contribution in [1.82, 2.24) is 10.6 Å². The van der Waals surface area contributed by atoms with Gasteiger partial charge < -0.3 is 10.2 Å². The Labute approximate surface area is 145 Å². The second kappa shape index (κ2) is 9.41. The number of hydrogen-bond acceptors (Lipinski definition) is 2. The van der Waals surface area contributed by atoms with E-state index in [2.05, 4.69) is 10.6 Å². The molecule has 0 radical (unpaired) electrons. The molecule has 3 N–H and O–H groups in total. The zero-order valence-corrected chi connectivity index (χ0v) is 14.7. The lowest BCUT2D eigenvalue weighted by Gasteiger charge is -2.14. The van der Waals surface area contributed by atoms with E-state index >= 15 is 0 Å². The highest BCUT2D eigenvalue weighted by atomic mass is 19.4. The largest absolute Gasteiger partial charge is 0.416 e. The van der Waals surface area contributed by atoms with Crippen LogP contribution in [0.1, 0.15) is 31.4 Å². The van der Waals surface area contributed by atoms with Gasteiger partial charge in [0.25, 0.3) is 5.91 Å². The van der Waals surface area contributed by atoms with Gasteiger partial charge in [0.05, 0.1) is 12.6 Å². The number of imide groups is 1. The van der Waals surface area contributed by atoms with E-state index in [1.165, 1.54) is 12.1 Å². The maximum Gasteiger partial charge on any atom is 0.416 e. The SMILES string of the molecule is CC(C)CCNC(=O)NC(=O)C[NH+](C)Cc1ccc(C(F)(F)F)cc1. The highest BCUT2D eigenvalue weighted by Crippen LogP contribution is 2.28. The molecule has 0 saturated carbocycles. The van der Waals surface area contributed by atoms with Crippen molar-refractivity contribution in [3.8, 4) is 0 Å². The fourth-order valence-corrected chi connectivity index (χ4v) is 2.19. The van der Waals surface area contributed by atoms with E-state index in [0.717, 1.165) is 23.5 Å². The molecule has 0 bridgehead atoms. The number of urea groups is 1. The van der Waals surface area contributed by atoms with Crippen LogP contribution in [0.2, 0.25) is 0 Å². The van der Waals surface area contributed by atoms with Gasteiger partial charge in [0.1, 0.15) is 6.54 Å². The summed E-state index contributed by atoms with van der Waals surface area (Å²) >= 11 is 0. The van der Waals surface area contributed by atoms with Gasteiger partial charge in [0.2, 0.25) is 0 Å². The Bertz CT molecular complexity index is 571. The minimum atomic E-state index is -4.36. The molecule has 1 unspecified atom stereocenters. The summed E-state index contributed by atoms with van der Waals surface area (Å²) in [5.41, 5.74) is -0.0237. The van der Waals surface area contributed by atoms with E-state index in [-0.39, 0.29) is 6.54 Å². The van der Waals surface area contributed by atoms with E-state index < -0.39 is 23.7 Å². The number of rotatable bonds is 7. The minimum absolute atomic E-state index is 0.0403. The van der Waals surface area contributed by atoms with Crippen molar-refractivity contribution in [3.05, 3.63) is 35.4 Å². The van der Waals surface area contributed by atoms with Gasteiger partial charge in [0, 0.05) is 12.1 Å². The Morgan fingerprint density at radius 2 is 1.76 bits per heavy atom. The smallest absolute Gasteiger partial charge is 0.338 e. The third-order valence-electron chi connectivity index (χ3n) is 3.51. The summed E-state index contributed by atoms with van der Waals surface area (Å²) in [6.45, 7) is 4.97. The molecule has 0 aliphatic carbocycles. The average Bonchev–Trinajstić information content (AvgIpc) is 2.45. The fourth-order valence-electron chi connectivity index (χ4n) is 2.19. The van der Waals surface area contributed by atoms with Crippen molar-refractivity contribution in [1.29, 1.82) is 0 Å². The number of halogens is 3. The maximum atomic E-state index is 12.5. The van der Waals surface area contributed by atoms with Gasteiger partial charge in [-0.25, -0.2) is 4.79 Å². The normalized spacial score (nSPS) is 12.8. The van der Waals surface area contributed by atoms with Gasteiger partial charge in [-0.1, -0.05) is 26.0 Å². The first-order valence-electron chi connectivity index (χ1n) is 8.13. The quantitative estimate of drug-likeness (QED) is 0.692. The Morgan fingerprint density at radius 1 is 1.16 bits per heavy atom. The molecule has 0 aliphatic rings. The molecule has 0 saturated heterocycles. The van der Waals surface area contributed by atoms with Crippen molar-refractivity contribution < 1.29 is 27.7 Å². The van der Waals surface area contributed by atoms with Crippen LogP contribution in [0.15, 0.2) is 24.3 Å². The lowest BCUT2D eigenvalue weighted by Crippen LogP contribution is -3.09. The van der Waals surface area contributed by atoms with E-state index in [9.17, 15) is 22.8 Å². The second-order valence-electron chi connectivity index (χ2n) is 6.49. The molecule has 5 nitrogen and oxygen atoms in total. The molecular weight excluding hydrogens is 335 g/mol. The van der Waals surface area contributed by atoms with Crippen molar-refractivity contribution in [3.63, 3.8) is 0 Å². The number of carbonyl (C=O) groups is 2. The molecule has 1 aromatic carbocycles. The predicted molar refractivity (Wildman–Crippen MR) is 87.9 cm³/mol. The number of nitrogens with one attached hydrogen (secondary N) is 3. The Morgan fingerprint density at radius 3 is 2.28 bits per heavy atom. The zero-order chi connectivity index (χ0) is 19.0. The van der Waals surface area contributed by atoms with Crippen LogP contribution >= 0.6 is 0 Å². The number of amides is 3. The molecule has 0 spiro atoms. The standard InChI is InChI=1S/C17H24F3N3O2/c1-12(2)8-9-21-16(25)22-15(24)11-23(3)10-13-4-6-14(7-5-13)17(18,19)20/h4-7,12H,8-11H2,1-3H3,(H2,21,22,24,25)/p+1. The summed E-state index contributed by atoms with van der Waals surface area (Å²) < 4.78 is 37.5. The Balaban J connectivity index is 2.39. The first-order chi connectivity index (χ1) is 11.6. The molecule has 1 aromatic rings. The van der Waals surface area contributed by atoms with Crippen LogP contribution in [0.3, 0.4) is 0 Å². The average molecular weight is 360 g/mol. The van der Waals surface area contributed by atoms with Crippen LogP contribution in [0, 0.1) is 5.92 Å². The van der Waals surface area contributed by atoms with E-state index in [0.29, 0.717) is 24.6 Å².